The van der Waals surface area contributed by atoms with Crippen LogP contribution in [0.25, 0.3) is 0 Å². The van der Waals surface area contributed by atoms with E-state index in [1.807, 2.05) is 6.92 Å². The van der Waals surface area contributed by atoms with Gasteiger partial charge < -0.3 is 30.2 Å². The van der Waals surface area contributed by atoms with Crippen molar-refractivity contribution in [3.05, 3.63) is 41.0 Å². The molecular formula is C40H62N4O9. The average molecular weight is 743 g/mol. The molecule has 3 N–H and O–H groups in total. The summed E-state index contributed by atoms with van der Waals surface area (Å²) in [5.41, 5.74) is 3.28. The molecule has 5 amide bonds. The van der Waals surface area contributed by atoms with E-state index in [1.54, 1.807) is 39.0 Å². The number of nitrogens with zero attached hydrogens (tertiary/aromatic N) is 1. The second-order valence-electron chi connectivity index (χ2n) is 14.1. The second kappa shape index (κ2) is 24.3. The molecule has 1 aliphatic heterocycles. The fraction of sp³-hybridized carbons (Fsp3) is 0.650. The number of hydrogen-bond acceptors (Lipinski definition) is 9. The lowest BCUT2D eigenvalue weighted by molar-refractivity contribution is -0.145. The van der Waals surface area contributed by atoms with Gasteiger partial charge in [0.25, 0.3) is 0 Å². The fourth-order valence-corrected chi connectivity index (χ4v) is 5.64. The van der Waals surface area contributed by atoms with Crippen molar-refractivity contribution in [3.63, 3.8) is 0 Å². The summed E-state index contributed by atoms with van der Waals surface area (Å²) in [7, 11) is 0. The van der Waals surface area contributed by atoms with Crippen molar-refractivity contribution in [2.45, 2.75) is 119 Å². The summed E-state index contributed by atoms with van der Waals surface area (Å²) in [6.07, 6.45) is 7.43. The first-order valence-electron chi connectivity index (χ1n) is 19.1. The van der Waals surface area contributed by atoms with E-state index in [-0.39, 0.29) is 82.0 Å². The number of nitrogens with one attached hydrogen (secondary N) is 3. The normalized spacial score (nSPS) is 15.7. The molecule has 1 fully saturated rings. The fourth-order valence-electron chi connectivity index (χ4n) is 5.64. The summed E-state index contributed by atoms with van der Waals surface area (Å²) in [4.78, 5) is 75.8. The smallest absolute Gasteiger partial charge is 0.306 e. The summed E-state index contributed by atoms with van der Waals surface area (Å²) in [6, 6.07) is 4.41. The van der Waals surface area contributed by atoms with Gasteiger partial charge in [-0.25, -0.2) is 0 Å². The van der Waals surface area contributed by atoms with Crippen LogP contribution in [0.4, 0.5) is 5.69 Å². The molecule has 0 bridgehead atoms. The molecule has 0 aromatic heterocycles. The number of rotatable bonds is 25. The van der Waals surface area contributed by atoms with Gasteiger partial charge in [-0.15, -0.1) is 0 Å². The Morgan fingerprint density at radius 3 is 2.32 bits per heavy atom. The standard InChI is InChI=1S/C40H62N4O9/c1-8-11-13-37(48)53-26-31-14-15-33(22-32(31)25-52-24-30(12-9-2)20-28(6)10-3)42-35(46)23-41-39(49)38(27(4)5)43-34(45)16-18-51-19-17-44-36(47)21-29(7)40(44)50/h14-15,20,22,27-29,38H,8-13,16-19,21,23-26H2,1-7H3,(H,41,49)(H,42,46)(H,43,45)/b30-20+. The van der Waals surface area contributed by atoms with Crippen molar-refractivity contribution < 1.29 is 43.0 Å². The van der Waals surface area contributed by atoms with E-state index in [4.69, 9.17) is 14.2 Å². The summed E-state index contributed by atoms with van der Waals surface area (Å²) < 4.78 is 17.1. The number of anilines is 1. The molecule has 0 radical (unpaired) electrons. The van der Waals surface area contributed by atoms with Crippen molar-refractivity contribution in [2.75, 3.05) is 38.2 Å². The van der Waals surface area contributed by atoms with Crippen LogP contribution in [0.5, 0.6) is 0 Å². The molecule has 53 heavy (non-hydrogen) atoms. The molecule has 1 aromatic rings. The zero-order valence-corrected chi connectivity index (χ0v) is 32.8. The van der Waals surface area contributed by atoms with Gasteiger partial charge in [0.1, 0.15) is 12.6 Å². The van der Waals surface area contributed by atoms with Crippen LogP contribution in [-0.2, 0) is 56.2 Å². The summed E-state index contributed by atoms with van der Waals surface area (Å²) >= 11 is 0. The van der Waals surface area contributed by atoms with Gasteiger partial charge in [0.15, 0.2) is 0 Å². The lowest BCUT2D eigenvalue weighted by Crippen LogP contribution is -2.51. The Hall–Kier alpha value is -4.10. The monoisotopic (exact) mass is 742 g/mol. The lowest BCUT2D eigenvalue weighted by Gasteiger charge is -2.22. The van der Waals surface area contributed by atoms with Gasteiger partial charge in [-0.2, -0.15) is 0 Å². The molecule has 1 aliphatic rings. The van der Waals surface area contributed by atoms with Crippen LogP contribution in [0, 0.1) is 17.8 Å². The number of esters is 1. The first-order valence-corrected chi connectivity index (χ1v) is 19.1. The lowest BCUT2D eigenvalue weighted by atomic mass is 10.0. The number of allylic oxidation sites excluding steroid dienone is 1. The minimum Gasteiger partial charge on any atom is -0.461 e. The predicted molar refractivity (Wildman–Crippen MR) is 202 cm³/mol. The highest BCUT2D eigenvalue weighted by Crippen LogP contribution is 2.21. The van der Waals surface area contributed by atoms with Crippen LogP contribution in [0.15, 0.2) is 29.8 Å². The Balaban J connectivity index is 1.94. The first-order chi connectivity index (χ1) is 25.3. The number of likely N-dealkylation sites (tertiary alicyclic amines) is 1. The third kappa shape index (κ3) is 16.6. The minimum atomic E-state index is -0.883. The Bertz CT molecular complexity index is 1410. The van der Waals surface area contributed by atoms with E-state index < -0.39 is 23.8 Å². The molecule has 1 saturated heterocycles. The van der Waals surface area contributed by atoms with Crippen molar-refractivity contribution in [1.29, 1.82) is 0 Å². The number of ether oxygens (including phenoxy) is 3. The van der Waals surface area contributed by atoms with E-state index >= 15 is 0 Å². The van der Waals surface area contributed by atoms with E-state index in [2.05, 4.69) is 42.8 Å². The zero-order valence-electron chi connectivity index (χ0n) is 32.8. The van der Waals surface area contributed by atoms with E-state index in [0.29, 0.717) is 24.6 Å². The van der Waals surface area contributed by atoms with Gasteiger partial charge >= 0.3 is 5.97 Å². The number of carbonyl (C=O) groups is 6. The van der Waals surface area contributed by atoms with Crippen molar-refractivity contribution in [3.8, 4) is 0 Å². The van der Waals surface area contributed by atoms with Crippen molar-refractivity contribution in [1.82, 2.24) is 15.5 Å². The Morgan fingerprint density at radius 1 is 0.925 bits per heavy atom. The molecule has 1 heterocycles. The minimum absolute atomic E-state index is 0.0245. The van der Waals surface area contributed by atoms with Crippen molar-refractivity contribution in [2.24, 2.45) is 17.8 Å². The third-order valence-corrected chi connectivity index (χ3v) is 8.98. The van der Waals surface area contributed by atoms with Crippen LogP contribution < -0.4 is 16.0 Å². The van der Waals surface area contributed by atoms with E-state index in [1.165, 1.54) is 10.5 Å². The highest BCUT2D eigenvalue weighted by molar-refractivity contribution is 6.03. The molecular weight excluding hydrogens is 680 g/mol. The summed E-state index contributed by atoms with van der Waals surface area (Å²) in [5, 5.41) is 8.12. The van der Waals surface area contributed by atoms with Gasteiger partial charge in [0.2, 0.25) is 29.5 Å². The number of benzene rings is 1. The van der Waals surface area contributed by atoms with E-state index in [9.17, 15) is 28.8 Å². The Morgan fingerprint density at radius 2 is 1.68 bits per heavy atom. The SMILES string of the molecule is CCCCC(=O)OCc1ccc(NC(=O)CNC(=O)C(NC(=O)CCOCCN2C(=O)CC(C)C2=O)C(C)C)cc1COC/C(=C/C(C)CC)CCC. The third-order valence-electron chi connectivity index (χ3n) is 8.98. The quantitative estimate of drug-likeness (QED) is 0.0527. The summed E-state index contributed by atoms with van der Waals surface area (Å²) in [6.45, 7) is 14.5. The maximum Gasteiger partial charge on any atom is 0.306 e. The van der Waals surface area contributed by atoms with Crippen LogP contribution >= 0.6 is 0 Å². The van der Waals surface area contributed by atoms with Crippen LogP contribution in [-0.4, -0.2) is 79.4 Å². The van der Waals surface area contributed by atoms with Gasteiger partial charge in [-0.1, -0.05) is 79.9 Å². The van der Waals surface area contributed by atoms with Crippen LogP contribution in [0.1, 0.15) is 111 Å². The Kier molecular flexibility index (Phi) is 20.6. The van der Waals surface area contributed by atoms with Gasteiger partial charge in [-0.3, -0.25) is 33.7 Å². The number of hydrogen-bond donors (Lipinski definition) is 3. The molecule has 3 atom stereocenters. The maximum atomic E-state index is 13.0. The molecule has 296 valence electrons. The van der Waals surface area contributed by atoms with E-state index in [0.717, 1.165) is 43.2 Å². The molecule has 0 saturated carbocycles. The van der Waals surface area contributed by atoms with Crippen molar-refractivity contribution >= 4 is 41.2 Å². The molecule has 13 heteroatoms. The number of carbonyl (C=O) groups excluding carboxylic acids is 6. The molecule has 13 nitrogen and oxygen atoms in total. The average Bonchev–Trinajstić information content (AvgIpc) is 3.36. The molecule has 0 aliphatic carbocycles. The zero-order chi connectivity index (χ0) is 39.3. The Labute approximate surface area is 315 Å². The largest absolute Gasteiger partial charge is 0.461 e. The molecule has 1 aromatic carbocycles. The van der Waals surface area contributed by atoms with Gasteiger partial charge in [-0.05, 0) is 53.5 Å². The number of imide groups is 1. The number of amides is 5. The van der Waals surface area contributed by atoms with Gasteiger partial charge in [0, 0.05) is 30.9 Å². The number of unbranched alkanes of at least 4 members (excludes halogenated alkanes) is 1. The highest BCUT2D eigenvalue weighted by atomic mass is 16.5. The highest BCUT2D eigenvalue weighted by Gasteiger charge is 2.35. The van der Waals surface area contributed by atoms with Crippen LogP contribution in [0.3, 0.4) is 0 Å². The summed E-state index contributed by atoms with van der Waals surface area (Å²) in [5.74, 6) is -2.23. The maximum absolute atomic E-state index is 13.0. The predicted octanol–water partition coefficient (Wildman–Crippen LogP) is 5.21. The second-order valence-corrected chi connectivity index (χ2v) is 14.1. The first kappa shape index (κ1) is 45.1. The van der Waals surface area contributed by atoms with Gasteiger partial charge in [0.05, 0.1) is 39.5 Å². The molecule has 0 spiro atoms. The molecule has 3 unspecified atom stereocenters. The topological polar surface area (TPSA) is 169 Å². The van der Waals surface area contributed by atoms with Crippen LogP contribution in [0.2, 0.25) is 0 Å². The molecule has 2 rings (SSSR count).